The summed E-state index contributed by atoms with van der Waals surface area (Å²) in [5.41, 5.74) is -0.494. The van der Waals surface area contributed by atoms with Gasteiger partial charge in [0.15, 0.2) is 0 Å². The standard InChI is InChI=1S/C21H38O4/c1-14(16-6-10-18(22)11-7-16)15(2)17-8-12-19(13-9-17)24-20(23)25-21(3,4)5/h14-19,22H,6-13H2,1-5H3. The lowest BCUT2D eigenvalue weighted by molar-refractivity contribution is -0.0399. The molecule has 0 aliphatic heterocycles. The number of carbonyl (C=O) groups is 1. The average molecular weight is 355 g/mol. The smallest absolute Gasteiger partial charge is 0.431 e. The molecule has 2 unspecified atom stereocenters. The second-order valence-electron chi connectivity index (χ2n) is 9.41. The van der Waals surface area contributed by atoms with Crippen LogP contribution in [0.1, 0.15) is 86.0 Å². The lowest BCUT2D eigenvalue weighted by atomic mass is 9.68. The molecule has 2 aliphatic rings. The zero-order valence-corrected chi connectivity index (χ0v) is 16.8. The van der Waals surface area contributed by atoms with E-state index in [2.05, 4.69) is 13.8 Å². The van der Waals surface area contributed by atoms with Crippen molar-refractivity contribution in [3.63, 3.8) is 0 Å². The number of carbonyl (C=O) groups excluding carboxylic acids is 1. The zero-order valence-electron chi connectivity index (χ0n) is 16.8. The van der Waals surface area contributed by atoms with Gasteiger partial charge in [0.05, 0.1) is 6.10 Å². The quantitative estimate of drug-likeness (QED) is 0.694. The van der Waals surface area contributed by atoms with Crippen LogP contribution < -0.4 is 0 Å². The van der Waals surface area contributed by atoms with Gasteiger partial charge in [-0.2, -0.15) is 0 Å². The van der Waals surface area contributed by atoms with Gasteiger partial charge in [-0.25, -0.2) is 4.79 Å². The van der Waals surface area contributed by atoms with E-state index in [0.717, 1.165) is 50.4 Å². The normalized spacial score (nSPS) is 33.4. The lowest BCUT2D eigenvalue weighted by Crippen LogP contribution is -2.34. The van der Waals surface area contributed by atoms with E-state index in [-0.39, 0.29) is 12.2 Å². The highest BCUT2D eigenvalue weighted by atomic mass is 16.7. The predicted molar refractivity (Wildman–Crippen MR) is 99.4 cm³/mol. The highest BCUT2D eigenvalue weighted by Gasteiger charge is 2.34. The molecule has 4 heteroatoms. The first-order chi connectivity index (χ1) is 11.7. The molecule has 0 radical (unpaired) electrons. The van der Waals surface area contributed by atoms with E-state index in [1.165, 1.54) is 12.8 Å². The second-order valence-corrected chi connectivity index (χ2v) is 9.41. The van der Waals surface area contributed by atoms with Gasteiger partial charge in [0.25, 0.3) is 0 Å². The molecule has 2 fully saturated rings. The van der Waals surface area contributed by atoms with Gasteiger partial charge in [-0.05, 0) is 95.8 Å². The number of ether oxygens (including phenoxy) is 2. The number of hydrogen-bond acceptors (Lipinski definition) is 4. The Morgan fingerprint density at radius 3 is 1.76 bits per heavy atom. The Kier molecular flexibility index (Phi) is 7.19. The summed E-state index contributed by atoms with van der Waals surface area (Å²) in [7, 11) is 0. The third-order valence-corrected chi connectivity index (χ3v) is 6.43. The van der Waals surface area contributed by atoms with Gasteiger partial charge in [-0.3, -0.25) is 0 Å². The van der Waals surface area contributed by atoms with Crippen LogP contribution in [-0.2, 0) is 9.47 Å². The summed E-state index contributed by atoms with van der Waals surface area (Å²) in [4.78, 5) is 11.8. The largest absolute Gasteiger partial charge is 0.509 e. The van der Waals surface area contributed by atoms with Crippen molar-refractivity contribution in [3.05, 3.63) is 0 Å². The van der Waals surface area contributed by atoms with Crippen molar-refractivity contribution >= 4 is 6.16 Å². The molecule has 0 aromatic carbocycles. The zero-order chi connectivity index (χ0) is 18.6. The summed E-state index contributed by atoms with van der Waals surface area (Å²) < 4.78 is 10.8. The molecule has 25 heavy (non-hydrogen) atoms. The number of aliphatic hydroxyl groups excluding tert-OH is 1. The highest BCUT2D eigenvalue weighted by molar-refractivity contribution is 5.60. The van der Waals surface area contributed by atoms with E-state index in [1.807, 2.05) is 20.8 Å². The summed E-state index contributed by atoms with van der Waals surface area (Å²) >= 11 is 0. The van der Waals surface area contributed by atoms with Crippen molar-refractivity contribution in [2.45, 2.75) is 104 Å². The fourth-order valence-electron chi connectivity index (χ4n) is 4.63. The Morgan fingerprint density at radius 1 is 0.880 bits per heavy atom. The fraction of sp³-hybridized carbons (Fsp3) is 0.952. The van der Waals surface area contributed by atoms with Crippen molar-refractivity contribution in [3.8, 4) is 0 Å². The van der Waals surface area contributed by atoms with Crippen molar-refractivity contribution in [1.82, 2.24) is 0 Å². The fourth-order valence-corrected chi connectivity index (χ4v) is 4.63. The van der Waals surface area contributed by atoms with Gasteiger partial charge in [0.2, 0.25) is 0 Å². The third-order valence-electron chi connectivity index (χ3n) is 6.43. The van der Waals surface area contributed by atoms with E-state index >= 15 is 0 Å². The van der Waals surface area contributed by atoms with Crippen LogP contribution in [0.4, 0.5) is 4.79 Å². The monoisotopic (exact) mass is 354 g/mol. The Hall–Kier alpha value is -0.770. The maximum atomic E-state index is 11.8. The molecule has 0 heterocycles. The maximum absolute atomic E-state index is 11.8. The molecule has 2 rings (SSSR count). The Labute approximate surface area is 153 Å². The summed E-state index contributed by atoms with van der Waals surface area (Å²) in [5, 5.41) is 9.72. The summed E-state index contributed by atoms with van der Waals surface area (Å²) in [6.45, 7) is 10.4. The Morgan fingerprint density at radius 2 is 1.32 bits per heavy atom. The molecule has 4 nitrogen and oxygen atoms in total. The first-order valence-electron chi connectivity index (χ1n) is 10.2. The average Bonchev–Trinajstić information content (AvgIpc) is 2.53. The molecular weight excluding hydrogens is 316 g/mol. The van der Waals surface area contributed by atoms with Crippen LogP contribution >= 0.6 is 0 Å². The Bertz CT molecular complexity index is 412. The van der Waals surface area contributed by atoms with Crippen molar-refractivity contribution in [2.24, 2.45) is 23.7 Å². The first kappa shape index (κ1) is 20.5. The van der Waals surface area contributed by atoms with Crippen LogP contribution in [0.3, 0.4) is 0 Å². The van der Waals surface area contributed by atoms with Crippen LogP contribution in [0.5, 0.6) is 0 Å². The Balaban J connectivity index is 1.74. The maximum Gasteiger partial charge on any atom is 0.509 e. The van der Waals surface area contributed by atoms with Crippen molar-refractivity contribution < 1.29 is 19.4 Å². The van der Waals surface area contributed by atoms with Crippen molar-refractivity contribution in [1.29, 1.82) is 0 Å². The number of rotatable bonds is 4. The molecule has 2 saturated carbocycles. The molecule has 0 aromatic heterocycles. The number of hydrogen-bond donors (Lipinski definition) is 1. The molecule has 0 aromatic rings. The highest BCUT2D eigenvalue weighted by Crippen LogP contribution is 2.41. The molecule has 1 N–H and O–H groups in total. The van der Waals surface area contributed by atoms with E-state index in [0.29, 0.717) is 11.8 Å². The van der Waals surface area contributed by atoms with Gasteiger partial charge < -0.3 is 14.6 Å². The van der Waals surface area contributed by atoms with E-state index in [9.17, 15) is 9.90 Å². The summed E-state index contributed by atoms with van der Waals surface area (Å²) in [6.07, 6.45) is 7.86. The van der Waals surface area contributed by atoms with Crippen LogP contribution in [0.2, 0.25) is 0 Å². The van der Waals surface area contributed by atoms with Gasteiger partial charge in [0.1, 0.15) is 11.7 Å². The minimum atomic E-state index is -0.530. The molecule has 0 saturated heterocycles. The van der Waals surface area contributed by atoms with Crippen molar-refractivity contribution in [2.75, 3.05) is 0 Å². The molecule has 146 valence electrons. The van der Waals surface area contributed by atoms with Crippen LogP contribution in [0, 0.1) is 23.7 Å². The third kappa shape index (κ3) is 6.47. The summed E-state index contributed by atoms with van der Waals surface area (Å²) in [6, 6.07) is 0. The molecule has 0 spiro atoms. The summed E-state index contributed by atoms with van der Waals surface area (Å²) in [5.74, 6) is 2.89. The minimum Gasteiger partial charge on any atom is -0.431 e. The van der Waals surface area contributed by atoms with Crippen LogP contribution in [0.15, 0.2) is 0 Å². The minimum absolute atomic E-state index is 0.0124. The van der Waals surface area contributed by atoms with Crippen LogP contribution in [-0.4, -0.2) is 29.1 Å². The predicted octanol–water partition coefficient (Wildman–Crippen LogP) is 5.32. The molecular formula is C21H38O4. The van der Waals surface area contributed by atoms with Gasteiger partial charge in [-0.15, -0.1) is 0 Å². The van der Waals surface area contributed by atoms with E-state index in [1.54, 1.807) is 0 Å². The van der Waals surface area contributed by atoms with Gasteiger partial charge >= 0.3 is 6.16 Å². The number of aliphatic hydroxyl groups is 1. The van der Waals surface area contributed by atoms with E-state index in [4.69, 9.17) is 9.47 Å². The van der Waals surface area contributed by atoms with E-state index < -0.39 is 11.8 Å². The second kappa shape index (κ2) is 8.75. The molecule has 2 aliphatic carbocycles. The molecule has 0 amide bonds. The lowest BCUT2D eigenvalue weighted by Gasteiger charge is -2.39. The topological polar surface area (TPSA) is 55.8 Å². The SMILES string of the molecule is CC(C1CCC(O)CC1)C(C)C1CCC(OC(=O)OC(C)(C)C)CC1. The van der Waals surface area contributed by atoms with Gasteiger partial charge in [-0.1, -0.05) is 13.8 Å². The first-order valence-corrected chi connectivity index (χ1v) is 10.2. The van der Waals surface area contributed by atoms with Gasteiger partial charge in [0, 0.05) is 0 Å². The van der Waals surface area contributed by atoms with Crippen LogP contribution in [0.25, 0.3) is 0 Å². The molecule has 0 bridgehead atoms. The molecule has 2 atom stereocenters.